The van der Waals surface area contributed by atoms with E-state index in [1.54, 1.807) is 39.6 Å². The summed E-state index contributed by atoms with van der Waals surface area (Å²) in [6.45, 7) is 20.6. The van der Waals surface area contributed by atoms with E-state index in [0.29, 0.717) is 55.9 Å². The van der Waals surface area contributed by atoms with Crippen molar-refractivity contribution < 1.29 is 28.8 Å². The second-order valence-electron chi connectivity index (χ2n) is 15.9. The Hall–Kier alpha value is -1.96. The van der Waals surface area contributed by atoms with Crippen LogP contribution in [0.4, 0.5) is 0 Å². The fraction of sp³-hybridized carbons (Fsp3) is 0.511. The fourth-order valence-electron chi connectivity index (χ4n) is 6.86. The molecule has 6 atom stereocenters. The minimum atomic E-state index is -0.285. The van der Waals surface area contributed by atoms with E-state index in [1.807, 2.05) is 48.5 Å². The summed E-state index contributed by atoms with van der Waals surface area (Å²) in [5, 5.41) is 3.56. The number of amides is 6. The van der Waals surface area contributed by atoms with E-state index in [1.165, 1.54) is 9.80 Å². The average molecular weight is 1200 g/mol. The van der Waals surface area contributed by atoms with Crippen LogP contribution in [0.25, 0.3) is 0 Å². The molecule has 12 nitrogen and oxygen atoms in total. The molecule has 0 aromatic rings. The molecule has 1 fully saturated rings. The number of terminal acetylenes is 1. The van der Waals surface area contributed by atoms with Gasteiger partial charge in [-0.3, -0.25) is 28.8 Å². The van der Waals surface area contributed by atoms with Gasteiger partial charge in [0.05, 0.1) is 73.0 Å². The van der Waals surface area contributed by atoms with E-state index in [-0.39, 0.29) is 108 Å². The Balaban J connectivity index is 0.000000284. The maximum absolute atomic E-state index is 11.5. The van der Waals surface area contributed by atoms with Gasteiger partial charge in [0.25, 0.3) is 35.4 Å². The van der Waals surface area contributed by atoms with Crippen LogP contribution in [0.1, 0.15) is 74.7 Å². The van der Waals surface area contributed by atoms with Crippen LogP contribution in [-0.4, -0.2) is 140 Å². The summed E-state index contributed by atoms with van der Waals surface area (Å²) >= 11 is 68.6. The Labute approximate surface area is 464 Å². The lowest BCUT2D eigenvalue weighted by Crippen LogP contribution is -2.34. The van der Waals surface area contributed by atoms with Crippen molar-refractivity contribution in [1.82, 2.24) is 29.4 Å². The van der Waals surface area contributed by atoms with Gasteiger partial charge in [-0.2, -0.15) is 0 Å². The second-order valence-corrected chi connectivity index (χ2v) is 20.6. The zero-order valence-corrected chi connectivity index (χ0v) is 48.1. The summed E-state index contributed by atoms with van der Waals surface area (Å²) in [6, 6.07) is -0.112. The van der Waals surface area contributed by atoms with E-state index >= 15 is 0 Å². The first-order chi connectivity index (χ1) is 32.0. The quantitative estimate of drug-likeness (QED) is 0.185. The van der Waals surface area contributed by atoms with Gasteiger partial charge >= 0.3 is 0 Å². The molecule has 6 unspecified atom stereocenters. The molecule has 6 heterocycles. The van der Waals surface area contributed by atoms with Crippen molar-refractivity contribution in [1.29, 1.82) is 0 Å². The molecule has 24 heteroatoms. The van der Waals surface area contributed by atoms with Crippen LogP contribution in [0.5, 0.6) is 0 Å². The zero-order chi connectivity index (χ0) is 53.3. The number of hydrogen-bond acceptors (Lipinski definition) is 6. The van der Waals surface area contributed by atoms with Crippen LogP contribution >= 0.6 is 139 Å². The number of nitrogens with zero attached hydrogens (tertiary/aromatic N) is 6. The second kappa shape index (κ2) is 27.9. The van der Waals surface area contributed by atoms with E-state index in [9.17, 15) is 28.8 Å². The number of carbonyl (C=O) groups is 6. The predicted molar refractivity (Wildman–Crippen MR) is 284 cm³/mol. The molecule has 0 spiro atoms. The van der Waals surface area contributed by atoms with Crippen molar-refractivity contribution in [3.63, 3.8) is 0 Å². The lowest BCUT2D eigenvalue weighted by atomic mass is 10.3. The molecule has 7 aliphatic rings. The third-order valence-corrected chi connectivity index (χ3v) is 17.2. The van der Waals surface area contributed by atoms with Gasteiger partial charge in [0.1, 0.15) is 30.2 Å². The Kier molecular flexibility index (Phi) is 25.6. The normalized spacial score (nSPS) is 25.6. The number of hydrogen-bond donors (Lipinski definition) is 0. The molecule has 0 bridgehead atoms. The SMILES string of the molecule is C#CCN1C(=O)C(Cl)=C(Cl)C1C.C=CCN1C(=O)C(Cl)=C(Cl)C1C.CC1C(Cl)=C(Cl)C(=O)N1C.CC1C(Cl)=C(Cl)C(=O)N1C1CC1.CCCN1C(=O)C(Cl)=C(Cl)C1C.CCN1C(=O)C(Cl)=C(Cl)C1C. The van der Waals surface area contributed by atoms with Gasteiger partial charge in [-0.25, -0.2) is 0 Å². The number of carbonyl (C=O) groups excluding carboxylic acids is 6. The van der Waals surface area contributed by atoms with Crippen molar-refractivity contribution >= 4 is 175 Å². The fourth-order valence-corrected chi connectivity index (χ4v) is 9.68. The first-order valence-corrected chi connectivity index (χ1v) is 25.8. The minimum Gasteiger partial charge on any atom is -0.333 e. The molecule has 1 aliphatic carbocycles. The maximum Gasteiger partial charge on any atom is 0.267 e. The molecule has 6 amide bonds. The van der Waals surface area contributed by atoms with Crippen LogP contribution in [-0.2, 0) is 28.8 Å². The summed E-state index contributed by atoms with van der Waals surface area (Å²) in [7, 11) is 1.67. The predicted octanol–water partition coefficient (Wildman–Crippen LogP) is 11.5. The molecular formula is C45H52Cl12N6O6. The summed E-state index contributed by atoms with van der Waals surface area (Å²) in [5.41, 5.74) is 0. The van der Waals surface area contributed by atoms with Gasteiger partial charge in [-0.15, -0.1) is 13.0 Å². The highest BCUT2D eigenvalue weighted by atomic mass is 35.5. The van der Waals surface area contributed by atoms with Gasteiger partial charge in [-0.05, 0) is 67.7 Å². The Morgan fingerprint density at radius 3 is 1.07 bits per heavy atom. The van der Waals surface area contributed by atoms with Gasteiger partial charge < -0.3 is 29.4 Å². The summed E-state index contributed by atoms with van der Waals surface area (Å²) in [5.74, 6) is 1.28. The van der Waals surface area contributed by atoms with Gasteiger partial charge in [0, 0.05) is 32.7 Å². The van der Waals surface area contributed by atoms with Crippen LogP contribution < -0.4 is 0 Å². The molecule has 382 valence electrons. The standard InChI is InChI=1S/C8H9Cl2NO.C8H11Cl2NO.C8H9Cl2NO.C8H7Cl2NO.C7H9Cl2NO.C6H7Cl2NO/c1-4-6(9)7(10)8(12)11(4)5-2-3-5;3*1-3-4-11-5(2)6(9)7(10)8(11)12;1-3-10-4(2)5(8)6(9)7(10)11;1-3-4(7)5(8)6(10)9(3)2/h4-5H,2-3H2,1H3;5H,3-4H2,1-2H3;3,5H,1,4H2,2H3;1,5H,4H2,2H3;4H,3H2,1-2H3;3H,1-2H3. The molecule has 0 radical (unpaired) electrons. The topological polar surface area (TPSA) is 122 Å². The summed E-state index contributed by atoms with van der Waals surface area (Å²) in [6.07, 6.45) is 9.82. The van der Waals surface area contributed by atoms with Crippen molar-refractivity contribution in [2.45, 2.75) is 117 Å². The molecule has 0 aromatic heterocycles. The molecule has 1 saturated carbocycles. The molecule has 69 heavy (non-hydrogen) atoms. The third-order valence-electron chi connectivity index (χ3n) is 11.4. The summed E-state index contributed by atoms with van der Waals surface area (Å²) in [4.78, 5) is 77.2. The van der Waals surface area contributed by atoms with Crippen LogP contribution in [0.15, 0.2) is 73.0 Å². The molecule has 0 saturated heterocycles. The van der Waals surface area contributed by atoms with E-state index < -0.39 is 0 Å². The monoisotopic (exact) mass is 1190 g/mol. The number of likely N-dealkylation sites (N-methyl/N-ethyl adjacent to an activating group) is 2. The highest BCUT2D eigenvalue weighted by Gasteiger charge is 2.43. The van der Waals surface area contributed by atoms with Gasteiger partial charge in [0.15, 0.2) is 0 Å². The van der Waals surface area contributed by atoms with E-state index in [2.05, 4.69) is 12.5 Å². The Bertz CT molecular complexity index is 2300. The smallest absolute Gasteiger partial charge is 0.267 e. The minimum absolute atomic E-state index is 0.0147. The van der Waals surface area contributed by atoms with Crippen molar-refractivity contribution in [2.75, 3.05) is 33.2 Å². The lowest BCUT2D eigenvalue weighted by molar-refractivity contribution is -0.127. The molecule has 0 N–H and O–H groups in total. The molecule has 7 rings (SSSR count). The first kappa shape index (κ1) is 63.2. The largest absolute Gasteiger partial charge is 0.333 e. The Morgan fingerprint density at radius 2 is 0.841 bits per heavy atom. The molecule has 6 aliphatic heterocycles. The molecular weight excluding hydrogens is 1150 g/mol. The van der Waals surface area contributed by atoms with Crippen LogP contribution in [0.2, 0.25) is 0 Å². The summed E-state index contributed by atoms with van der Waals surface area (Å²) < 4.78 is 0. The van der Waals surface area contributed by atoms with Gasteiger partial charge in [-0.1, -0.05) is 158 Å². The highest BCUT2D eigenvalue weighted by Crippen LogP contribution is 2.40. The van der Waals surface area contributed by atoms with Gasteiger partial charge in [0.2, 0.25) is 0 Å². The Morgan fingerprint density at radius 1 is 0.507 bits per heavy atom. The maximum atomic E-state index is 11.5. The van der Waals surface area contributed by atoms with Crippen LogP contribution in [0.3, 0.4) is 0 Å². The first-order valence-electron chi connectivity index (χ1n) is 21.2. The van der Waals surface area contributed by atoms with E-state index in [0.717, 1.165) is 19.3 Å². The molecule has 0 aromatic carbocycles. The van der Waals surface area contributed by atoms with E-state index in [4.69, 9.17) is 146 Å². The zero-order valence-electron chi connectivity index (χ0n) is 39.0. The van der Waals surface area contributed by atoms with Crippen LogP contribution in [0, 0.1) is 12.3 Å². The van der Waals surface area contributed by atoms with Crippen molar-refractivity contribution in [3.8, 4) is 12.3 Å². The number of halogens is 12. The van der Waals surface area contributed by atoms with Crippen molar-refractivity contribution in [3.05, 3.63) is 73.0 Å². The highest BCUT2D eigenvalue weighted by molar-refractivity contribution is 6.52. The third kappa shape index (κ3) is 14.6. The average Bonchev–Trinajstić information content (AvgIpc) is 4.00. The number of rotatable bonds is 7. The van der Waals surface area contributed by atoms with Crippen molar-refractivity contribution in [2.24, 2.45) is 0 Å². The lowest BCUT2D eigenvalue weighted by Gasteiger charge is -2.21.